The van der Waals surface area contributed by atoms with E-state index in [0.29, 0.717) is 13.0 Å². The van der Waals surface area contributed by atoms with Gasteiger partial charge in [-0.15, -0.1) is 0 Å². The lowest BCUT2D eigenvalue weighted by Crippen LogP contribution is -2.62. The molecule has 0 aliphatic carbocycles. The maximum atomic E-state index is 15.3. The molecular weight excluding hydrogens is 1120 g/mol. The van der Waals surface area contributed by atoms with Crippen LogP contribution in [0.25, 0.3) is 0 Å². The van der Waals surface area contributed by atoms with Crippen LogP contribution in [0.5, 0.6) is 0 Å². The standard InChI is InChI=1S/C67H121N9O12/c1-27-48-36-55(79)58(59(80)44(16)30-31-76(28-2)29-3)75(26)67(88)57(43(14)15)74(25)65(86)52(34-40(8)9)72(23)66(87)56(42(12)13)73(24)61(82)46(18)68-60(81)45(17)35-53(77)50(32-38(4)5)71(22)64(85)49(41(10)11)37-54(78)51(33-39(6)7)70(21)62(83)47(19)69(20)63(48)84/h38-52,56-59,80H,27-37H2,1-26H3,(H,68,81)/t44-,45+,46+,47-,48+,49-,50-,51+,52-,56?,57-,58+,59-/m1/s1. The van der Waals surface area contributed by atoms with Crippen molar-refractivity contribution in [2.24, 2.45) is 59.2 Å². The van der Waals surface area contributed by atoms with Gasteiger partial charge in [-0.3, -0.25) is 52.7 Å². The first-order chi connectivity index (χ1) is 40.6. The zero-order valence-electron chi connectivity index (χ0n) is 59.3. The van der Waals surface area contributed by atoms with Gasteiger partial charge in [0.05, 0.1) is 18.2 Å². The van der Waals surface area contributed by atoms with Crippen LogP contribution in [-0.4, -0.2) is 232 Å². The number of aliphatic hydroxyl groups excluding tert-OH is 1. The first kappa shape index (κ1) is 80.7. The van der Waals surface area contributed by atoms with E-state index in [2.05, 4.69) is 10.2 Å². The molecule has 506 valence electrons. The van der Waals surface area contributed by atoms with Gasteiger partial charge in [-0.1, -0.05) is 118 Å². The molecule has 1 heterocycles. The van der Waals surface area contributed by atoms with E-state index in [0.717, 1.165) is 13.1 Å². The summed E-state index contributed by atoms with van der Waals surface area (Å²) in [6, 6.07) is -9.29. The Morgan fingerprint density at radius 2 is 0.864 bits per heavy atom. The predicted octanol–water partition coefficient (Wildman–Crippen LogP) is 6.30. The smallest absolute Gasteiger partial charge is 0.246 e. The molecule has 0 spiro atoms. The zero-order chi connectivity index (χ0) is 68.4. The summed E-state index contributed by atoms with van der Waals surface area (Å²) in [6.45, 7) is 36.3. The van der Waals surface area contributed by atoms with Gasteiger partial charge in [0, 0.05) is 86.3 Å². The summed E-state index contributed by atoms with van der Waals surface area (Å²) >= 11 is 0. The highest BCUT2D eigenvalue weighted by molar-refractivity contribution is 6.00. The first-order valence-corrected chi connectivity index (χ1v) is 32.7. The molecule has 0 saturated carbocycles. The number of rotatable bonds is 17. The molecule has 0 radical (unpaired) electrons. The number of aliphatic hydroxyl groups is 1. The molecule has 1 aliphatic rings. The van der Waals surface area contributed by atoms with Gasteiger partial charge in [0.2, 0.25) is 47.3 Å². The van der Waals surface area contributed by atoms with E-state index < -0.39 is 155 Å². The van der Waals surface area contributed by atoms with Crippen molar-refractivity contribution in [3.05, 3.63) is 0 Å². The third-order valence-electron chi connectivity index (χ3n) is 18.5. The monoisotopic (exact) mass is 1240 g/mol. The minimum atomic E-state index is -1.49. The lowest BCUT2D eigenvalue weighted by Gasteiger charge is -2.42. The van der Waals surface area contributed by atoms with E-state index in [-0.39, 0.29) is 68.0 Å². The molecule has 2 N–H and O–H groups in total. The molecule has 0 aromatic heterocycles. The Hall–Kier alpha value is -5.31. The van der Waals surface area contributed by atoms with Crippen LogP contribution >= 0.6 is 0 Å². The van der Waals surface area contributed by atoms with E-state index in [1.54, 1.807) is 55.4 Å². The summed E-state index contributed by atoms with van der Waals surface area (Å²) in [4.78, 5) is 173. The Morgan fingerprint density at radius 3 is 1.30 bits per heavy atom. The van der Waals surface area contributed by atoms with Crippen LogP contribution in [0.3, 0.4) is 0 Å². The van der Waals surface area contributed by atoms with Crippen molar-refractivity contribution >= 4 is 64.6 Å². The highest BCUT2D eigenvalue weighted by Gasteiger charge is 2.46. The largest absolute Gasteiger partial charge is 0.390 e. The summed E-state index contributed by atoms with van der Waals surface area (Å²) in [6.07, 6.45) is -1.14. The zero-order valence-corrected chi connectivity index (χ0v) is 59.3. The van der Waals surface area contributed by atoms with Crippen molar-refractivity contribution in [2.45, 2.75) is 237 Å². The third kappa shape index (κ3) is 21.7. The molecule has 1 unspecified atom stereocenters. The normalized spacial score (nSPS) is 27.5. The van der Waals surface area contributed by atoms with Crippen molar-refractivity contribution in [1.29, 1.82) is 0 Å². The van der Waals surface area contributed by atoms with Gasteiger partial charge in [0.15, 0.2) is 17.3 Å². The number of hydrogen-bond donors (Lipinski definition) is 2. The fourth-order valence-corrected chi connectivity index (χ4v) is 12.3. The number of nitrogens with zero attached hydrogens (tertiary/aromatic N) is 8. The molecule has 21 heteroatoms. The summed E-state index contributed by atoms with van der Waals surface area (Å²) in [7, 11) is 10.3. The molecule has 1 aliphatic heterocycles. The van der Waals surface area contributed by atoms with Crippen molar-refractivity contribution in [2.75, 3.05) is 69.0 Å². The van der Waals surface area contributed by atoms with Gasteiger partial charge >= 0.3 is 0 Å². The van der Waals surface area contributed by atoms with E-state index in [1.165, 1.54) is 90.6 Å². The predicted molar refractivity (Wildman–Crippen MR) is 345 cm³/mol. The quantitative estimate of drug-likeness (QED) is 0.163. The van der Waals surface area contributed by atoms with Gasteiger partial charge in [0.25, 0.3) is 0 Å². The maximum absolute atomic E-state index is 15.3. The molecular formula is C67H121N9O12. The lowest BCUT2D eigenvalue weighted by atomic mass is 9.84. The highest BCUT2D eigenvalue weighted by atomic mass is 16.3. The van der Waals surface area contributed by atoms with Crippen molar-refractivity contribution < 1.29 is 57.8 Å². The Labute approximate surface area is 530 Å². The number of Topliss-reactive ketones (excluding diaryl/α,β-unsaturated/α-hetero) is 3. The Balaban J connectivity index is 4.38. The maximum Gasteiger partial charge on any atom is 0.246 e. The van der Waals surface area contributed by atoms with E-state index in [9.17, 15) is 43.5 Å². The van der Waals surface area contributed by atoms with Gasteiger partial charge in [0.1, 0.15) is 36.3 Å². The van der Waals surface area contributed by atoms with Crippen LogP contribution < -0.4 is 5.32 Å². The number of ketones is 3. The van der Waals surface area contributed by atoms with Crippen LogP contribution in [0.4, 0.5) is 0 Å². The second kappa shape index (κ2) is 36.5. The molecule has 1 rings (SSSR count). The van der Waals surface area contributed by atoms with Crippen LogP contribution in [0.15, 0.2) is 0 Å². The highest BCUT2D eigenvalue weighted by Crippen LogP contribution is 2.30. The molecule has 0 aromatic carbocycles. The second-order valence-electron chi connectivity index (χ2n) is 28.0. The summed E-state index contributed by atoms with van der Waals surface area (Å²) in [5.41, 5.74) is 0. The number of amides is 8. The number of hydrogen-bond acceptors (Lipinski definition) is 13. The van der Waals surface area contributed by atoms with E-state index in [4.69, 9.17) is 0 Å². The van der Waals surface area contributed by atoms with E-state index >= 15 is 14.4 Å². The Bertz CT molecular complexity index is 2360. The topological polar surface area (TPSA) is 246 Å². The average Bonchev–Trinajstić information content (AvgIpc) is 1.42. The summed E-state index contributed by atoms with van der Waals surface area (Å²) in [5, 5.41) is 15.2. The van der Waals surface area contributed by atoms with Crippen LogP contribution in [0.1, 0.15) is 183 Å². The molecule has 21 nitrogen and oxygen atoms in total. The molecule has 0 aromatic rings. The molecule has 13 atom stereocenters. The average molecular weight is 1240 g/mol. The van der Waals surface area contributed by atoms with E-state index in [1.807, 2.05) is 69.2 Å². The first-order valence-electron chi connectivity index (χ1n) is 32.7. The van der Waals surface area contributed by atoms with Gasteiger partial charge in [-0.2, -0.15) is 0 Å². The number of carbonyl (C=O) groups is 11. The van der Waals surface area contributed by atoms with Crippen LogP contribution in [0, 0.1) is 59.2 Å². The Kier molecular flexibility index (Phi) is 33.5. The molecule has 8 amide bonds. The number of carbonyl (C=O) groups excluding carboxylic acids is 11. The van der Waals surface area contributed by atoms with Gasteiger partial charge in [-0.05, 0) is 107 Å². The molecule has 1 saturated heterocycles. The number of likely N-dealkylation sites (N-methyl/N-ethyl adjacent to an activating group) is 7. The third-order valence-corrected chi connectivity index (χ3v) is 18.5. The van der Waals surface area contributed by atoms with Crippen molar-refractivity contribution in [1.82, 2.24) is 44.5 Å². The van der Waals surface area contributed by atoms with Crippen molar-refractivity contribution in [3.8, 4) is 0 Å². The molecule has 1 fully saturated rings. The summed E-state index contributed by atoms with van der Waals surface area (Å²) < 4.78 is 0. The molecule has 88 heavy (non-hydrogen) atoms. The molecule has 0 bridgehead atoms. The van der Waals surface area contributed by atoms with Crippen LogP contribution in [-0.2, 0) is 52.7 Å². The SMILES string of the molecule is CC[C@H]1CC(=O)[C@@H]([C@H](O)[C@H](C)CCN(CC)CC)N(C)C(=O)[C@@H](C(C)C)N(C)C(=O)[C@@H](CC(C)C)N(C)C(=O)C(C(C)C)N(C)C(=O)[C@H](C)NC(=O)[C@@H](C)CC(=O)[C@@H](CC(C)C)N(C)C(=O)[C@@H](C(C)C)CC(=O)[C@H](CC(C)C)N(C)C(=O)[C@@H](C)N(C)C1=O. The lowest BCUT2D eigenvalue weighted by molar-refractivity contribution is -0.157. The minimum absolute atomic E-state index is 0.0680. The Morgan fingerprint density at radius 1 is 0.455 bits per heavy atom. The van der Waals surface area contributed by atoms with Crippen molar-refractivity contribution in [3.63, 3.8) is 0 Å². The second-order valence-corrected chi connectivity index (χ2v) is 28.0. The fourth-order valence-electron chi connectivity index (χ4n) is 12.3. The summed E-state index contributed by atoms with van der Waals surface area (Å²) in [5.74, 6) is -11.1. The van der Waals surface area contributed by atoms with Gasteiger partial charge < -0.3 is 49.6 Å². The number of nitrogens with one attached hydrogen (secondary N) is 1. The van der Waals surface area contributed by atoms with Gasteiger partial charge in [-0.25, -0.2) is 0 Å². The van der Waals surface area contributed by atoms with Crippen LogP contribution in [0.2, 0.25) is 0 Å². The fraction of sp³-hybridized carbons (Fsp3) is 0.836. The minimum Gasteiger partial charge on any atom is -0.390 e.